The van der Waals surface area contributed by atoms with Gasteiger partial charge in [0.1, 0.15) is 11.6 Å². The van der Waals surface area contributed by atoms with Gasteiger partial charge in [-0.05, 0) is 28.7 Å². The number of carboxylic acid groups (broad SMARTS) is 1. The van der Waals surface area contributed by atoms with E-state index < -0.39 is 6.09 Å². The fourth-order valence-electron chi connectivity index (χ4n) is 0.690. The monoisotopic (exact) mass is 313 g/mol. The van der Waals surface area contributed by atoms with Crippen molar-refractivity contribution in [3.05, 3.63) is 14.7 Å². The summed E-state index contributed by atoms with van der Waals surface area (Å²) in [5.74, 6) is 0.274. The molecule has 1 aromatic heterocycles. The van der Waals surface area contributed by atoms with Crippen LogP contribution in [-0.4, -0.2) is 16.2 Å². The number of nitrogens with two attached hydrogens (primary N) is 1. The van der Waals surface area contributed by atoms with Crippen LogP contribution in [0.1, 0.15) is 0 Å². The van der Waals surface area contributed by atoms with Crippen LogP contribution in [0.25, 0.3) is 0 Å². The Morgan fingerprint density at radius 2 is 2.38 bits per heavy atom. The Balaban J connectivity index is 3.06. The number of nitrogen functional groups attached to an aromatic ring is 1. The first kappa shape index (κ1) is 10.3. The third-order valence-corrected chi connectivity index (χ3v) is 2.74. The third kappa shape index (κ3) is 2.59. The second kappa shape index (κ2) is 3.97. The summed E-state index contributed by atoms with van der Waals surface area (Å²) in [6.07, 6.45) is -1.19. The minimum absolute atomic E-state index is 0.109. The van der Waals surface area contributed by atoms with Gasteiger partial charge >= 0.3 is 6.09 Å². The summed E-state index contributed by atoms with van der Waals surface area (Å²) in [5, 5.41) is 10.8. The van der Waals surface area contributed by atoms with Crippen LogP contribution in [0.15, 0.2) is 6.07 Å². The fourth-order valence-corrected chi connectivity index (χ4v) is 1.36. The Kier molecular flexibility index (Phi) is 3.15. The lowest BCUT2D eigenvalue weighted by Crippen LogP contribution is -2.10. The van der Waals surface area contributed by atoms with Gasteiger partial charge in [-0.3, -0.25) is 5.32 Å². The number of hydrogen-bond donors (Lipinski definition) is 3. The first-order chi connectivity index (χ1) is 6.00. The molecule has 0 saturated heterocycles. The highest BCUT2D eigenvalue weighted by molar-refractivity contribution is 14.1. The van der Waals surface area contributed by atoms with Crippen molar-refractivity contribution in [1.82, 2.24) is 4.98 Å². The van der Waals surface area contributed by atoms with E-state index in [1.807, 2.05) is 22.6 Å². The van der Waals surface area contributed by atoms with Crippen LogP contribution in [0.2, 0.25) is 5.02 Å². The molecule has 1 amide bonds. The summed E-state index contributed by atoms with van der Waals surface area (Å²) in [5.41, 5.74) is 5.42. The van der Waals surface area contributed by atoms with E-state index in [-0.39, 0.29) is 11.6 Å². The van der Waals surface area contributed by atoms with Crippen LogP contribution in [0.5, 0.6) is 0 Å². The topological polar surface area (TPSA) is 88.2 Å². The van der Waals surface area contributed by atoms with Crippen molar-refractivity contribution in [3.63, 3.8) is 0 Å². The van der Waals surface area contributed by atoms with Crippen LogP contribution >= 0.6 is 34.2 Å². The van der Waals surface area contributed by atoms with Crippen molar-refractivity contribution in [2.24, 2.45) is 0 Å². The number of nitrogens with one attached hydrogen (secondary N) is 1. The van der Waals surface area contributed by atoms with Crippen molar-refractivity contribution >= 4 is 51.9 Å². The Bertz CT molecular complexity index is 335. The van der Waals surface area contributed by atoms with Gasteiger partial charge in [-0.2, -0.15) is 0 Å². The molecule has 0 spiro atoms. The SMILES string of the molecule is Nc1nc(NC(=O)O)cc(I)c1Cl. The Labute approximate surface area is 92.4 Å². The average molecular weight is 313 g/mol. The van der Waals surface area contributed by atoms with Gasteiger partial charge in [-0.1, -0.05) is 11.6 Å². The van der Waals surface area contributed by atoms with Gasteiger partial charge in [0.2, 0.25) is 0 Å². The highest BCUT2D eigenvalue weighted by Gasteiger charge is 2.07. The summed E-state index contributed by atoms with van der Waals surface area (Å²) >= 11 is 7.65. The van der Waals surface area contributed by atoms with Crippen molar-refractivity contribution < 1.29 is 9.90 Å². The van der Waals surface area contributed by atoms with Gasteiger partial charge in [0.05, 0.1) is 5.02 Å². The van der Waals surface area contributed by atoms with Crippen molar-refractivity contribution in [1.29, 1.82) is 0 Å². The number of hydrogen-bond acceptors (Lipinski definition) is 3. The molecule has 1 heterocycles. The first-order valence-electron chi connectivity index (χ1n) is 3.12. The number of aromatic nitrogens is 1. The largest absolute Gasteiger partial charge is 0.465 e. The Hall–Kier alpha value is -0.760. The molecule has 13 heavy (non-hydrogen) atoms. The number of rotatable bonds is 1. The molecule has 1 rings (SSSR count). The van der Waals surface area contributed by atoms with E-state index in [9.17, 15) is 4.79 Å². The van der Waals surface area contributed by atoms with E-state index in [2.05, 4.69) is 10.3 Å². The predicted molar refractivity (Wildman–Crippen MR) is 58.0 cm³/mol. The highest BCUT2D eigenvalue weighted by Crippen LogP contribution is 2.25. The van der Waals surface area contributed by atoms with Crippen molar-refractivity contribution in [2.45, 2.75) is 0 Å². The molecule has 0 saturated carbocycles. The van der Waals surface area contributed by atoms with Crippen LogP contribution < -0.4 is 11.1 Å². The number of nitrogens with zero attached hydrogens (tertiary/aromatic N) is 1. The molecule has 0 aliphatic carbocycles. The zero-order valence-electron chi connectivity index (χ0n) is 6.21. The molecule has 5 nitrogen and oxygen atoms in total. The fraction of sp³-hybridized carbons (Fsp3) is 0. The van der Waals surface area contributed by atoms with Gasteiger partial charge in [-0.15, -0.1) is 0 Å². The first-order valence-corrected chi connectivity index (χ1v) is 4.58. The summed E-state index contributed by atoms with van der Waals surface area (Å²) in [6, 6.07) is 1.49. The summed E-state index contributed by atoms with van der Waals surface area (Å²) in [6.45, 7) is 0. The van der Waals surface area contributed by atoms with Crippen molar-refractivity contribution in [3.8, 4) is 0 Å². The summed E-state index contributed by atoms with van der Waals surface area (Å²) in [4.78, 5) is 14.0. The third-order valence-electron chi connectivity index (χ3n) is 1.17. The molecule has 0 fully saturated rings. The number of amides is 1. The predicted octanol–water partition coefficient (Wildman–Crippen LogP) is 2.01. The van der Waals surface area contributed by atoms with Crippen LogP contribution in [0.4, 0.5) is 16.4 Å². The number of pyridine rings is 1. The van der Waals surface area contributed by atoms with Gasteiger partial charge in [-0.25, -0.2) is 9.78 Å². The molecule has 0 bridgehead atoms. The lowest BCUT2D eigenvalue weighted by Gasteiger charge is -2.04. The maximum Gasteiger partial charge on any atom is 0.410 e. The van der Waals surface area contributed by atoms with Gasteiger partial charge in [0, 0.05) is 3.57 Å². The van der Waals surface area contributed by atoms with Crippen LogP contribution in [0, 0.1) is 3.57 Å². The molecule has 0 aliphatic rings. The van der Waals surface area contributed by atoms with Gasteiger partial charge in [0.15, 0.2) is 0 Å². The minimum Gasteiger partial charge on any atom is -0.465 e. The molecular weight excluding hydrogens is 308 g/mol. The molecule has 4 N–H and O–H groups in total. The maximum absolute atomic E-state index is 10.2. The molecular formula is C6H5ClIN3O2. The normalized spacial score (nSPS) is 9.69. The minimum atomic E-state index is -1.19. The smallest absolute Gasteiger partial charge is 0.410 e. The molecule has 70 valence electrons. The Morgan fingerprint density at radius 1 is 1.77 bits per heavy atom. The zero-order valence-corrected chi connectivity index (χ0v) is 9.13. The standard InChI is InChI=1S/C6H5ClIN3O2/c7-4-2(8)1-3(10-5(4)9)11-6(12)13/h1H,(H,12,13)(H3,9,10,11). The van der Waals surface area contributed by atoms with E-state index in [1.165, 1.54) is 6.07 Å². The lowest BCUT2D eigenvalue weighted by molar-refractivity contribution is 0.209. The molecule has 0 unspecified atom stereocenters. The van der Waals surface area contributed by atoms with Crippen LogP contribution in [-0.2, 0) is 0 Å². The second-order valence-electron chi connectivity index (χ2n) is 2.12. The van der Waals surface area contributed by atoms with Gasteiger partial charge in [0.25, 0.3) is 0 Å². The summed E-state index contributed by atoms with van der Waals surface area (Å²) in [7, 11) is 0. The van der Waals surface area contributed by atoms with E-state index in [0.717, 1.165) is 0 Å². The molecule has 0 aromatic carbocycles. The van der Waals surface area contributed by atoms with Gasteiger partial charge < -0.3 is 10.8 Å². The quantitative estimate of drug-likeness (QED) is 0.692. The van der Waals surface area contributed by atoms with E-state index in [1.54, 1.807) is 0 Å². The molecule has 0 radical (unpaired) electrons. The molecule has 1 aromatic rings. The summed E-state index contributed by atoms with van der Waals surface area (Å²) < 4.78 is 0.649. The maximum atomic E-state index is 10.2. The molecule has 7 heteroatoms. The number of carbonyl (C=O) groups is 1. The lowest BCUT2D eigenvalue weighted by atomic mass is 10.4. The Morgan fingerprint density at radius 3 is 2.85 bits per heavy atom. The van der Waals surface area contributed by atoms with E-state index in [4.69, 9.17) is 22.4 Å². The average Bonchev–Trinajstić information content (AvgIpc) is 1.98. The van der Waals surface area contributed by atoms with Crippen LogP contribution in [0.3, 0.4) is 0 Å². The molecule has 0 aliphatic heterocycles. The molecule has 0 atom stereocenters. The number of anilines is 2. The highest BCUT2D eigenvalue weighted by atomic mass is 127. The number of halogens is 2. The zero-order chi connectivity index (χ0) is 10.0. The van der Waals surface area contributed by atoms with E-state index >= 15 is 0 Å². The van der Waals surface area contributed by atoms with Crippen molar-refractivity contribution in [2.75, 3.05) is 11.1 Å². The van der Waals surface area contributed by atoms with E-state index in [0.29, 0.717) is 8.59 Å². The second-order valence-corrected chi connectivity index (χ2v) is 3.66.